The van der Waals surface area contributed by atoms with Crippen molar-refractivity contribution in [3.8, 4) is 17.2 Å². The number of hydrogen-bond donors (Lipinski definition) is 0. The number of methoxy groups -OCH3 is 1. The van der Waals surface area contributed by atoms with E-state index in [1.165, 1.54) is 5.56 Å². The number of fused-ring (bicyclic) bond motifs is 1. The van der Waals surface area contributed by atoms with E-state index in [0.29, 0.717) is 0 Å². The Balaban J connectivity index is 2.02. The van der Waals surface area contributed by atoms with Gasteiger partial charge in [0, 0.05) is 22.0 Å². The van der Waals surface area contributed by atoms with Crippen LogP contribution in [0.1, 0.15) is 24.0 Å². The van der Waals surface area contributed by atoms with Gasteiger partial charge >= 0.3 is 0 Å². The van der Waals surface area contributed by atoms with Crippen LogP contribution >= 0.6 is 15.9 Å². The third-order valence-electron chi connectivity index (χ3n) is 3.56. The fourth-order valence-corrected chi connectivity index (χ4v) is 2.65. The highest BCUT2D eigenvalue weighted by molar-refractivity contribution is 9.10. The van der Waals surface area contributed by atoms with Crippen LogP contribution in [0.4, 0.5) is 0 Å². The van der Waals surface area contributed by atoms with Crippen molar-refractivity contribution >= 4 is 15.9 Å². The van der Waals surface area contributed by atoms with Crippen molar-refractivity contribution in [1.82, 2.24) is 0 Å². The number of rotatable bonds is 3. The molecule has 0 bridgehead atoms. The Hall–Kier alpha value is -1.68. The summed E-state index contributed by atoms with van der Waals surface area (Å²) in [5, 5.41) is 0. The maximum atomic E-state index is 5.49. The molecule has 4 heteroatoms. The van der Waals surface area contributed by atoms with Crippen molar-refractivity contribution in [2.24, 2.45) is 0 Å². The summed E-state index contributed by atoms with van der Waals surface area (Å²) in [4.78, 5) is 0. The average molecular weight is 335 g/mol. The van der Waals surface area contributed by atoms with Crippen LogP contribution in [-0.4, -0.2) is 13.9 Å². The Morgan fingerprint density at radius 2 is 1.75 bits per heavy atom. The summed E-state index contributed by atoms with van der Waals surface area (Å²) < 4.78 is 17.4. The monoisotopic (exact) mass is 334 g/mol. The summed E-state index contributed by atoms with van der Waals surface area (Å²) in [6, 6.07) is 12.2. The maximum absolute atomic E-state index is 5.49. The van der Waals surface area contributed by atoms with E-state index in [0.717, 1.165) is 27.3 Å². The van der Waals surface area contributed by atoms with E-state index in [9.17, 15) is 0 Å². The van der Waals surface area contributed by atoms with Gasteiger partial charge in [0.2, 0.25) is 6.79 Å². The second-order valence-corrected chi connectivity index (χ2v) is 5.64. The summed E-state index contributed by atoms with van der Waals surface area (Å²) in [6.45, 7) is 2.43. The van der Waals surface area contributed by atoms with Gasteiger partial charge in [0.1, 0.15) is 5.75 Å². The minimum Gasteiger partial charge on any atom is -0.496 e. The van der Waals surface area contributed by atoms with E-state index >= 15 is 0 Å². The van der Waals surface area contributed by atoms with Gasteiger partial charge in [-0.25, -0.2) is 0 Å². The lowest BCUT2D eigenvalue weighted by Gasteiger charge is -2.17. The van der Waals surface area contributed by atoms with Gasteiger partial charge in [0.15, 0.2) is 11.5 Å². The molecule has 1 heterocycles. The molecule has 2 aromatic carbocycles. The van der Waals surface area contributed by atoms with Crippen LogP contribution < -0.4 is 14.2 Å². The van der Waals surface area contributed by atoms with Crippen molar-refractivity contribution in [3.63, 3.8) is 0 Å². The third-order valence-corrected chi connectivity index (χ3v) is 4.09. The summed E-state index contributed by atoms with van der Waals surface area (Å²) in [7, 11) is 1.68. The maximum Gasteiger partial charge on any atom is 0.231 e. The van der Waals surface area contributed by atoms with Crippen LogP contribution in [0.3, 0.4) is 0 Å². The molecule has 0 aromatic heterocycles. The Kier molecular flexibility index (Phi) is 3.57. The van der Waals surface area contributed by atoms with Gasteiger partial charge in [0.05, 0.1) is 7.11 Å². The lowest BCUT2D eigenvalue weighted by Crippen LogP contribution is -1.99. The first-order chi connectivity index (χ1) is 9.69. The molecule has 2 aromatic rings. The number of hydrogen-bond acceptors (Lipinski definition) is 3. The van der Waals surface area contributed by atoms with Gasteiger partial charge in [-0.1, -0.05) is 35.0 Å². The molecule has 20 heavy (non-hydrogen) atoms. The lowest BCUT2D eigenvalue weighted by molar-refractivity contribution is 0.174. The molecule has 0 saturated heterocycles. The van der Waals surface area contributed by atoms with E-state index in [2.05, 4.69) is 35.0 Å². The minimum absolute atomic E-state index is 0.215. The van der Waals surface area contributed by atoms with Gasteiger partial charge in [-0.15, -0.1) is 0 Å². The summed E-state index contributed by atoms with van der Waals surface area (Å²) in [5.41, 5.74) is 2.32. The van der Waals surface area contributed by atoms with Gasteiger partial charge in [-0.3, -0.25) is 0 Å². The smallest absolute Gasteiger partial charge is 0.231 e. The Labute approximate surface area is 126 Å². The molecular weight excluding hydrogens is 320 g/mol. The SMILES string of the molecule is COc1cc2c(cc1[C@H](C)c1ccc(Br)cc1)OCO2. The van der Waals surface area contributed by atoms with E-state index in [1.54, 1.807) is 7.11 Å². The zero-order valence-electron chi connectivity index (χ0n) is 11.4. The van der Waals surface area contributed by atoms with E-state index < -0.39 is 0 Å². The van der Waals surface area contributed by atoms with Gasteiger partial charge in [0.25, 0.3) is 0 Å². The van der Waals surface area contributed by atoms with Crippen molar-refractivity contribution in [2.75, 3.05) is 13.9 Å². The zero-order chi connectivity index (χ0) is 14.1. The average Bonchev–Trinajstić information content (AvgIpc) is 2.93. The molecule has 0 amide bonds. The Bertz CT molecular complexity index is 622. The molecule has 0 radical (unpaired) electrons. The highest BCUT2D eigenvalue weighted by Gasteiger charge is 2.21. The van der Waals surface area contributed by atoms with Crippen LogP contribution in [-0.2, 0) is 0 Å². The van der Waals surface area contributed by atoms with E-state index in [-0.39, 0.29) is 12.7 Å². The van der Waals surface area contributed by atoms with Gasteiger partial charge in [-0.05, 0) is 23.8 Å². The third kappa shape index (κ3) is 2.36. The first kappa shape index (κ1) is 13.3. The van der Waals surface area contributed by atoms with Gasteiger partial charge in [-0.2, -0.15) is 0 Å². The number of ether oxygens (including phenoxy) is 3. The molecule has 1 aliphatic rings. The largest absolute Gasteiger partial charge is 0.496 e. The molecule has 0 N–H and O–H groups in total. The fourth-order valence-electron chi connectivity index (χ4n) is 2.39. The van der Waals surface area contributed by atoms with Crippen molar-refractivity contribution < 1.29 is 14.2 Å². The first-order valence-electron chi connectivity index (χ1n) is 6.42. The highest BCUT2D eigenvalue weighted by atomic mass is 79.9. The molecule has 0 fully saturated rings. The zero-order valence-corrected chi connectivity index (χ0v) is 12.9. The molecule has 0 unspecified atom stereocenters. The van der Waals surface area contributed by atoms with Crippen molar-refractivity contribution in [1.29, 1.82) is 0 Å². The van der Waals surface area contributed by atoms with E-state index in [4.69, 9.17) is 14.2 Å². The molecule has 3 rings (SSSR count). The molecule has 1 atom stereocenters. The Morgan fingerprint density at radius 3 is 2.40 bits per heavy atom. The van der Waals surface area contributed by atoms with Crippen LogP contribution in [0.25, 0.3) is 0 Å². The normalized spacial score (nSPS) is 14.2. The molecule has 104 valence electrons. The predicted octanol–water partition coefficient (Wildman–Crippen LogP) is 4.34. The fraction of sp³-hybridized carbons (Fsp3) is 0.250. The predicted molar refractivity (Wildman–Crippen MR) is 80.8 cm³/mol. The highest BCUT2D eigenvalue weighted by Crippen LogP contribution is 2.42. The molecule has 0 aliphatic carbocycles. The van der Waals surface area contributed by atoms with Gasteiger partial charge < -0.3 is 14.2 Å². The number of benzene rings is 2. The standard InChI is InChI=1S/C16H15BrO3/c1-10(11-3-5-12(17)6-4-11)13-7-15-16(20-9-19-15)8-14(13)18-2/h3-8,10H,9H2,1-2H3/t10-/m1/s1. The topological polar surface area (TPSA) is 27.7 Å². The summed E-state index contributed by atoms with van der Waals surface area (Å²) in [5.74, 6) is 2.57. The van der Waals surface area contributed by atoms with Crippen LogP contribution in [0.5, 0.6) is 17.2 Å². The molecule has 0 saturated carbocycles. The second-order valence-electron chi connectivity index (χ2n) is 4.72. The van der Waals surface area contributed by atoms with Crippen LogP contribution in [0.15, 0.2) is 40.9 Å². The summed E-state index contributed by atoms with van der Waals surface area (Å²) >= 11 is 3.46. The quantitative estimate of drug-likeness (QED) is 0.835. The number of halogens is 1. The minimum atomic E-state index is 0.215. The Morgan fingerprint density at radius 1 is 1.10 bits per heavy atom. The lowest BCUT2D eigenvalue weighted by atomic mass is 9.92. The first-order valence-corrected chi connectivity index (χ1v) is 7.21. The van der Waals surface area contributed by atoms with Crippen LogP contribution in [0.2, 0.25) is 0 Å². The van der Waals surface area contributed by atoms with Crippen molar-refractivity contribution in [3.05, 3.63) is 52.0 Å². The summed E-state index contributed by atoms with van der Waals surface area (Å²) in [6.07, 6.45) is 0. The molecular formula is C16H15BrO3. The van der Waals surface area contributed by atoms with E-state index in [1.807, 2.05) is 24.3 Å². The van der Waals surface area contributed by atoms with Crippen LogP contribution in [0, 0.1) is 0 Å². The molecule has 1 aliphatic heterocycles. The van der Waals surface area contributed by atoms with Crippen molar-refractivity contribution in [2.45, 2.75) is 12.8 Å². The second kappa shape index (κ2) is 5.37. The molecule has 0 spiro atoms. The molecule has 3 nitrogen and oxygen atoms in total.